The van der Waals surface area contributed by atoms with Crippen molar-refractivity contribution >= 4 is 0 Å². The number of nitrogens with zero attached hydrogens (tertiary/aromatic N) is 2. The molecule has 0 aromatic heterocycles. The maximum atomic E-state index is 9.77. The van der Waals surface area contributed by atoms with Gasteiger partial charge in [-0.1, -0.05) is 36.4 Å². The van der Waals surface area contributed by atoms with Gasteiger partial charge in [0.15, 0.2) is 0 Å². The largest absolute Gasteiger partial charge is 0.492 e. The number of rotatable bonds is 6. The first-order valence-electron chi connectivity index (χ1n) is 11.9. The third-order valence-corrected chi connectivity index (χ3v) is 6.43. The van der Waals surface area contributed by atoms with Crippen LogP contribution < -0.4 is 9.47 Å². The van der Waals surface area contributed by atoms with Gasteiger partial charge < -0.3 is 14.6 Å². The van der Waals surface area contributed by atoms with Crippen LogP contribution >= 0.6 is 0 Å². The predicted molar refractivity (Wildman–Crippen MR) is 130 cm³/mol. The Kier molecular flexibility index (Phi) is 6.91. The molecule has 0 aliphatic carbocycles. The third kappa shape index (κ3) is 5.93. The first-order valence-corrected chi connectivity index (χ1v) is 11.9. The number of para-hydroxylation sites is 1. The molecule has 3 aromatic rings. The Bertz CT molecular complexity index is 1050. The highest BCUT2D eigenvalue weighted by Gasteiger charge is 2.19. The van der Waals surface area contributed by atoms with Gasteiger partial charge >= 0.3 is 0 Å². The van der Waals surface area contributed by atoms with Crippen LogP contribution in [0, 0.1) is 0 Å². The van der Waals surface area contributed by atoms with Crippen LogP contribution in [0.25, 0.3) is 0 Å². The van der Waals surface area contributed by atoms with Gasteiger partial charge in [-0.25, -0.2) is 0 Å². The normalized spacial score (nSPS) is 17.7. The van der Waals surface area contributed by atoms with E-state index in [1.165, 1.54) is 16.7 Å². The molecule has 0 saturated carbocycles. The van der Waals surface area contributed by atoms with Crippen LogP contribution in [0.2, 0.25) is 0 Å². The monoisotopic (exact) mass is 444 g/mol. The number of hydrogen-bond donors (Lipinski definition) is 1. The van der Waals surface area contributed by atoms with Gasteiger partial charge in [0, 0.05) is 44.8 Å². The van der Waals surface area contributed by atoms with E-state index < -0.39 is 0 Å². The molecule has 2 heterocycles. The van der Waals surface area contributed by atoms with Crippen LogP contribution in [0.3, 0.4) is 0 Å². The van der Waals surface area contributed by atoms with Crippen molar-refractivity contribution in [2.75, 3.05) is 26.2 Å². The molecule has 5 heteroatoms. The second-order valence-electron chi connectivity index (χ2n) is 9.07. The molecule has 2 aliphatic heterocycles. The summed E-state index contributed by atoms with van der Waals surface area (Å²) in [5.41, 5.74) is 3.79. The molecule has 0 radical (unpaired) electrons. The number of hydrogen-bond acceptors (Lipinski definition) is 5. The summed E-state index contributed by atoms with van der Waals surface area (Å²) in [7, 11) is 0. The number of aliphatic hydroxyl groups is 1. The third-order valence-electron chi connectivity index (χ3n) is 6.43. The number of aliphatic hydroxyl groups excluding tert-OH is 1. The molecule has 172 valence electrons. The SMILES string of the molecule is OC1CCN(Cc2ccc3c(c2)CN(Cc2cccc(Oc4ccccc4)c2)CCO3)CC1. The summed E-state index contributed by atoms with van der Waals surface area (Å²) in [4.78, 5) is 4.87. The molecule has 1 N–H and O–H groups in total. The highest BCUT2D eigenvalue weighted by molar-refractivity contribution is 5.38. The van der Waals surface area contributed by atoms with E-state index >= 15 is 0 Å². The van der Waals surface area contributed by atoms with Gasteiger partial charge in [-0.05, 0) is 60.4 Å². The molecule has 1 fully saturated rings. The Hall–Kier alpha value is -2.86. The van der Waals surface area contributed by atoms with Gasteiger partial charge in [0.25, 0.3) is 0 Å². The van der Waals surface area contributed by atoms with Crippen molar-refractivity contribution in [2.24, 2.45) is 0 Å². The minimum Gasteiger partial charge on any atom is -0.492 e. The molecule has 0 spiro atoms. The van der Waals surface area contributed by atoms with Crippen LogP contribution in [-0.2, 0) is 19.6 Å². The summed E-state index contributed by atoms with van der Waals surface area (Å²) in [6.45, 7) is 6.15. The van der Waals surface area contributed by atoms with E-state index in [0.29, 0.717) is 6.61 Å². The predicted octanol–water partition coefficient (Wildman–Crippen LogP) is 4.83. The van der Waals surface area contributed by atoms with Crippen LogP contribution in [0.5, 0.6) is 17.2 Å². The van der Waals surface area contributed by atoms with Crippen LogP contribution in [-0.4, -0.2) is 47.3 Å². The average molecular weight is 445 g/mol. The quantitative estimate of drug-likeness (QED) is 0.590. The fraction of sp³-hybridized carbons (Fsp3) is 0.357. The lowest BCUT2D eigenvalue weighted by Gasteiger charge is -2.29. The highest BCUT2D eigenvalue weighted by Crippen LogP contribution is 2.27. The molecule has 2 aliphatic rings. The lowest BCUT2D eigenvalue weighted by molar-refractivity contribution is 0.0792. The zero-order chi connectivity index (χ0) is 22.5. The molecule has 1 saturated heterocycles. The molecular formula is C28H32N2O3. The Labute approximate surface area is 196 Å². The standard InChI is InChI=1S/C28H32N2O3/c31-25-11-13-29(14-12-25)19-23-9-10-28-24(17-23)21-30(15-16-32-28)20-22-5-4-8-27(18-22)33-26-6-2-1-3-7-26/h1-10,17-18,25,31H,11-16,19-21H2. The van der Waals surface area contributed by atoms with E-state index in [2.05, 4.69) is 46.2 Å². The molecule has 0 amide bonds. The molecule has 3 aromatic carbocycles. The fourth-order valence-corrected chi connectivity index (χ4v) is 4.66. The maximum Gasteiger partial charge on any atom is 0.127 e. The Morgan fingerprint density at radius 1 is 0.788 bits per heavy atom. The van der Waals surface area contributed by atoms with Crippen molar-refractivity contribution in [1.29, 1.82) is 0 Å². The molecular weight excluding hydrogens is 412 g/mol. The number of piperidine rings is 1. The lowest BCUT2D eigenvalue weighted by atomic mass is 10.0. The van der Waals surface area contributed by atoms with E-state index in [-0.39, 0.29) is 6.10 Å². The summed E-state index contributed by atoms with van der Waals surface area (Å²) in [6, 6.07) is 24.9. The molecule has 5 rings (SSSR count). The van der Waals surface area contributed by atoms with Gasteiger partial charge in [0.2, 0.25) is 0 Å². The number of likely N-dealkylation sites (tertiary alicyclic amines) is 1. The Balaban J connectivity index is 1.24. The zero-order valence-electron chi connectivity index (χ0n) is 19.0. The van der Waals surface area contributed by atoms with Crippen molar-refractivity contribution in [2.45, 2.75) is 38.6 Å². The van der Waals surface area contributed by atoms with E-state index in [1.54, 1.807) is 0 Å². The molecule has 5 nitrogen and oxygen atoms in total. The molecule has 0 bridgehead atoms. The van der Waals surface area contributed by atoms with Gasteiger partial charge in [0.05, 0.1) is 6.10 Å². The summed E-state index contributed by atoms with van der Waals surface area (Å²) in [6.07, 6.45) is 1.61. The summed E-state index contributed by atoms with van der Waals surface area (Å²) in [5.74, 6) is 2.71. The second-order valence-corrected chi connectivity index (χ2v) is 9.07. The average Bonchev–Trinajstić information content (AvgIpc) is 3.03. The van der Waals surface area contributed by atoms with E-state index in [4.69, 9.17) is 9.47 Å². The second kappa shape index (κ2) is 10.4. The first-order chi connectivity index (χ1) is 16.2. The van der Waals surface area contributed by atoms with E-state index in [0.717, 1.165) is 69.4 Å². The van der Waals surface area contributed by atoms with Gasteiger partial charge in [-0.15, -0.1) is 0 Å². The smallest absolute Gasteiger partial charge is 0.127 e. The van der Waals surface area contributed by atoms with Crippen LogP contribution in [0.4, 0.5) is 0 Å². The highest BCUT2D eigenvalue weighted by atomic mass is 16.5. The van der Waals surface area contributed by atoms with Gasteiger partial charge in [-0.3, -0.25) is 9.80 Å². The summed E-state index contributed by atoms with van der Waals surface area (Å²) >= 11 is 0. The number of ether oxygens (including phenoxy) is 2. The van der Waals surface area contributed by atoms with Crippen LogP contribution in [0.15, 0.2) is 72.8 Å². The number of benzene rings is 3. The van der Waals surface area contributed by atoms with Crippen molar-refractivity contribution in [3.8, 4) is 17.2 Å². The Morgan fingerprint density at radius 2 is 1.55 bits per heavy atom. The van der Waals surface area contributed by atoms with Gasteiger partial charge in [-0.2, -0.15) is 0 Å². The molecule has 0 unspecified atom stereocenters. The van der Waals surface area contributed by atoms with Gasteiger partial charge in [0.1, 0.15) is 23.9 Å². The zero-order valence-corrected chi connectivity index (χ0v) is 19.0. The van der Waals surface area contributed by atoms with Crippen molar-refractivity contribution < 1.29 is 14.6 Å². The van der Waals surface area contributed by atoms with Crippen molar-refractivity contribution in [1.82, 2.24) is 9.80 Å². The first kappa shape index (κ1) is 22.0. The minimum absolute atomic E-state index is 0.133. The fourth-order valence-electron chi connectivity index (χ4n) is 4.66. The van der Waals surface area contributed by atoms with E-state index in [9.17, 15) is 5.11 Å². The molecule has 0 atom stereocenters. The number of fused-ring (bicyclic) bond motifs is 1. The Morgan fingerprint density at radius 3 is 2.39 bits per heavy atom. The van der Waals surface area contributed by atoms with E-state index in [1.807, 2.05) is 36.4 Å². The molecule has 33 heavy (non-hydrogen) atoms. The van der Waals surface area contributed by atoms with Crippen molar-refractivity contribution in [3.05, 3.63) is 89.5 Å². The summed E-state index contributed by atoms with van der Waals surface area (Å²) < 4.78 is 12.1. The maximum absolute atomic E-state index is 9.77. The van der Waals surface area contributed by atoms with Crippen LogP contribution in [0.1, 0.15) is 29.5 Å². The lowest BCUT2D eigenvalue weighted by Crippen LogP contribution is -2.35. The van der Waals surface area contributed by atoms with Crippen molar-refractivity contribution in [3.63, 3.8) is 0 Å². The summed E-state index contributed by atoms with van der Waals surface area (Å²) in [5, 5.41) is 9.77. The minimum atomic E-state index is -0.133. The topological polar surface area (TPSA) is 45.2 Å².